The average Bonchev–Trinajstić information content (AvgIpc) is 3.14. The molecule has 0 spiro atoms. The molecule has 0 aliphatic rings. The van der Waals surface area contributed by atoms with E-state index in [1.54, 1.807) is 12.1 Å². The molecule has 0 bridgehead atoms. The number of carbonyl (C=O) groups is 1. The Morgan fingerprint density at radius 2 is 1.88 bits per heavy atom. The highest BCUT2D eigenvalue weighted by atomic mass is 35.5. The molecule has 34 heavy (non-hydrogen) atoms. The predicted molar refractivity (Wildman–Crippen MR) is 137 cm³/mol. The van der Waals surface area contributed by atoms with Crippen molar-refractivity contribution in [2.45, 2.75) is 64.9 Å². The highest BCUT2D eigenvalue weighted by Gasteiger charge is 2.20. The maximum atomic E-state index is 13.3. The summed E-state index contributed by atoms with van der Waals surface area (Å²) in [6.45, 7) is 10.9. The molecule has 0 fully saturated rings. The van der Waals surface area contributed by atoms with Gasteiger partial charge in [0.05, 0.1) is 12.2 Å². The lowest BCUT2D eigenvalue weighted by Gasteiger charge is -2.22. The van der Waals surface area contributed by atoms with Gasteiger partial charge in [-0.05, 0) is 60.1 Å². The van der Waals surface area contributed by atoms with E-state index in [1.807, 2.05) is 29.7 Å². The molecule has 0 aliphatic carbocycles. The lowest BCUT2D eigenvalue weighted by Crippen LogP contribution is -2.27. The first-order valence-corrected chi connectivity index (χ1v) is 12.7. The monoisotopic (exact) mass is 502 g/mol. The van der Waals surface area contributed by atoms with Crippen molar-refractivity contribution in [3.05, 3.63) is 70.3 Å². The van der Waals surface area contributed by atoms with Crippen LogP contribution in [0.2, 0.25) is 5.02 Å². The van der Waals surface area contributed by atoms with Crippen LogP contribution in [0.1, 0.15) is 57.5 Å². The highest BCUT2D eigenvalue weighted by molar-refractivity contribution is 7.98. The van der Waals surface area contributed by atoms with Crippen molar-refractivity contribution >= 4 is 29.3 Å². The molecule has 182 valence electrons. The third-order valence-electron chi connectivity index (χ3n) is 5.33. The fourth-order valence-corrected chi connectivity index (χ4v) is 5.07. The molecule has 1 heterocycles. The molecule has 3 aromatic rings. The smallest absolute Gasteiger partial charge is 0.220 e. The first-order valence-electron chi connectivity index (χ1n) is 11.4. The Morgan fingerprint density at radius 3 is 2.56 bits per heavy atom. The van der Waals surface area contributed by atoms with Crippen molar-refractivity contribution in [3.63, 3.8) is 0 Å². The number of nitrogens with one attached hydrogen (secondary N) is 1. The Hall–Kier alpha value is -2.38. The second kappa shape index (κ2) is 11.4. The van der Waals surface area contributed by atoms with Gasteiger partial charge >= 0.3 is 0 Å². The largest absolute Gasteiger partial charge is 0.349 e. The summed E-state index contributed by atoms with van der Waals surface area (Å²) in [4.78, 5) is 12.6. The summed E-state index contributed by atoms with van der Waals surface area (Å²) >= 11 is 7.80. The van der Waals surface area contributed by atoms with Gasteiger partial charge in [0.1, 0.15) is 5.82 Å². The lowest BCUT2D eigenvalue weighted by molar-refractivity contribution is -0.122. The van der Waals surface area contributed by atoms with E-state index in [-0.39, 0.29) is 29.6 Å². The lowest BCUT2D eigenvalue weighted by atomic mass is 9.84. The SMILES string of the molecule is Cc1ccc(Cl)cc1-n1c(CNC(=O)CC(C)CC(C)(C)C)nnc1SCc1ccc(F)cc1. The van der Waals surface area contributed by atoms with Crippen LogP contribution in [-0.4, -0.2) is 20.7 Å². The van der Waals surface area contributed by atoms with Crippen LogP contribution in [0.25, 0.3) is 5.69 Å². The average molecular weight is 503 g/mol. The van der Waals surface area contributed by atoms with Crippen LogP contribution in [0.15, 0.2) is 47.6 Å². The van der Waals surface area contributed by atoms with Crippen LogP contribution in [0, 0.1) is 24.1 Å². The van der Waals surface area contributed by atoms with E-state index in [0.29, 0.717) is 28.2 Å². The molecule has 0 saturated heterocycles. The van der Waals surface area contributed by atoms with Crippen LogP contribution in [0.5, 0.6) is 0 Å². The quantitative estimate of drug-likeness (QED) is 0.329. The van der Waals surface area contributed by atoms with Crippen molar-refractivity contribution in [1.82, 2.24) is 20.1 Å². The van der Waals surface area contributed by atoms with Crippen molar-refractivity contribution in [2.24, 2.45) is 11.3 Å². The number of benzene rings is 2. The normalized spacial score (nSPS) is 12.6. The van der Waals surface area contributed by atoms with E-state index in [9.17, 15) is 9.18 Å². The summed E-state index contributed by atoms with van der Waals surface area (Å²) < 4.78 is 15.2. The highest BCUT2D eigenvalue weighted by Crippen LogP contribution is 2.29. The molecule has 0 aliphatic heterocycles. The van der Waals surface area contributed by atoms with Crippen molar-refractivity contribution in [3.8, 4) is 5.69 Å². The Morgan fingerprint density at radius 1 is 1.18 bits per heavy atom. The van der Waals surface area contributed by atoms with E-state index < -0.39 is 0 Å². The molecule has 1 atom stereocenters. The zero-order chi connectivity index (χ0) is 24.9. The minimum absolute atomic E-state index is 0.00497. The third-order valence-corrected chi connectivity index (χ3v) is 6.57. The van der Waals surface area contributed by atoms with Gasteiger partial charge in [-0.1, -0.05) is 69.3 Å². The van der Waals surface area contributed by atoms with Crippen LogP contribution >= 0.6 is 23.4 Å². The molecule has 1 amide bonds. The first kappa shape index (κ1) is 26.2. The number of hydrogen-bond donors (Lipinski definition) is 1. The van der Waals surface area contributed by atoms with Crippen molar-refractivity contribution in [2.75, 3.05) is 0 Å². The maximum absolute atomic E-state index is 13.3. The number of hydrogen-bond acceptors (Lipinski definition) is 4. The fraction of sp³-hybridized carbons (Fsp3) is 0.423. The number of aromatic nitrogens is 3. The Kier molecular flexibility index (Phi) is 8.77. The van der Waals surface area contributed by atoms with Gasteiger partial charge in [0, 0.05) is 17.2 Å². The predicted octanol–water partition coefficient (Wildman–Crippen LogP) is 6.74. The molecular formula is C26H32ClFN4OS. The number of thioether (sulfide) groups is 1. The van der Waals surface area contributed by atoms with E-state index in [0.717, 1.165) is 23.2 Å². The van der Waals surface area contributed by atoms with Crippen LogP contribution < -0.4 is 5.32 Å². The summed E-state index contributed by atoms with van der Waals surface area (Å²) in [5, 5.41) is 13.1. The number of aryl methyl sites for hydroxylation is 1. The van der Waals surface area contributed by atoms with Crippen molar-refractivity contribution < 1.29 is 9.18 Å². The Balaban J connectivity index is 1.79. The molecular weight excluding hydrogens is 471 g/mol. The van der Waals surface area contributed by atoms with Crippen LogP contribution in [0.4, 0.5) is 4.39 Å². The van der Waals surface area contributed by atoms with E-state index in [1.165, 1.54) is 23.9 Å². The molecule has 3 rings (SSSR count). The third kappa shape index (κ3) is 7.57. The van der Waals surface area contributed by atoms with Gasteiger partial charge in [0.15, 0.2) is 11.0 Å². The van der Waals surface area contributed by atoms with E-state index in [2.05, 4.69) is 43.2 Å². The van der Waals surface area contributed by atoms with E-state index >= 15 is 0 Å². The number of rotatable bonds is 9. The molecule has 8 heteroatoms. The second-order valence-corrected chi connectivity index (χ2v) is 11.3. The zero-order valence-electron chi connectivity index (χ0n) is 20.4. The van der Waals surface area contributed by atoms with Gasteiger partial charge in [0.2, 0.25) is 5.91 Å². The zero-order valence-corrected chi connectivity index (χ0v) is 21.9. The number of nitrogens with zero attached hydrogens (tertiary/aromatic N) is 3. The second-order valence-electron chi connectivity index (χ2n) is 9.93. The molecule has 1 unspecified atom stereocenters. The Bertz CT molecular complexity index is 1120. The topological polar surface area (TPSA) is 59.8 Å². The first-order chi connectivity index (χ1) is 16.0. The summed E-state index contributed by atoms with van der Waals surface area (Å²) in [7, 11) is 0. The molecule has 2 aromatic carbocycles. The van der Waals surface area contributed by atoms with Gasteiger partial charge in [-0.15, -0.1) is 10.2 Å². The standard InChI is InChI=1S/C26H32ClFN4OS/c1-17(14-26(3,4)5)12-24(33)29-15-23-30-31-25(34-16-19-7-10-21(28)11-8-19)32(23)22-13-20(27)9-6-18(22)2/h6-11,13,17H,12,14-16H2,1-5H3,(H,29,33). The van der Waals surface area contributed by atoms with Gasteiger partial charge in [-0.2, -0.15) is 0 Å². The molecule has 5 nitrogen and oxygen atoms in total. The Labute approximate surface area is 210 Å². The van der Waals surface area contributed by atoms with Crippen LogP contribution in [0.3, 0.4) is 0 Å². The number of halogens is 2. The summed E-state index contributed by atoms with van der Waals surface area (Å²) in [6.07, 6.45) is 1.44. The van der Waals surface area contributed by atoms with E-state index in [4.69, 9.17) is 11.6 Å². The van der Waals surface area contributed by atoms with Gasteiger partial charge in [0.25, 0.3) is 0 Å². The molecule has 1 N–H and O–H groups in total. The summed E-state index contributed by atoms with van der Waals surface area (Å²) in [5.41, 5.74) is 3.04. The minimum Gasteiger partial charge on any atom is -0.349 e. The fourth-order valence-electron chi connectivity index (χ4n) is 3.99. The summed E-state index contributed by atoms with van der Waals surface area (Å²) in [6, 6.07) is 12.1. The molecule has 0 radical (unpaired) electrons. The van der Waals surface area contributed by atoms with Gasteiger partial charge < -0.3 is 5.32 Å². The van der Waals surface area contributed by atoms with Gasteiger partial charge in [-0.25, -0.2) is 4.39 Å². The van der Waals surface area contributed by atoms with Gasteiger partial charge in [-0.3, -0.25) is 9.36 Å². The summed E-state index contributed by atoms with van der Waals surface area (Å²) in [5.74, 6) is 1.25. The molecule has 1 aromatic heterocycles. The molecule has 0 saturated carbocycles. The minimum atomic E-state index is -0.263. The van der Waals surface area contributed by atoms with Crippen molar-refractivity contribution in [1.29, 1.82) is 0 Å². The maximum Gasteiger partial charge on any atom is 0.220 e. The number of amides is 1. The van der Waals surface area contributed by atoms with Crippen LogP contribution in [-0.2, 0) is 17.1 Å². The number of carbonyl (C=O) groups excluding carboxylic acids is 1.